The van der Waals surface area contributed by atoms with Crippen LogP contribution in [-0.4, -0.2) is 59.9 Å². The van der Waals surface area contributed by atoms with Gasteiger partial charge in [-0.15, -0.1) is 0 Å². The molecule has 23 heavy (non-hydrogen) atoms. The fourth-order valence-corrected chi connectivity index (χ4v) is 2.27. The van der Waals surface area contributed by atoms with E-state index < -0.39 is 0 Å². The zero-order valence-electron chi connectivity index (χ0n) is 15.0. The van der Waals surface area contributed by atoms with E-state index in [0.29, 0.717) is 13.1 Å². The van der Waals surface area contributed by atoms with Gasteiger partial charge in [0.25, 0.3) is 0 Å². The van der Waals surface area contributed by atoms with Crippen molar-refractivity contribution in [2.45, 2.75) is 34.2 Å². The predicted molar refractivity (Wildman–Crippen MR) is 94.3 cm³/mol. The highest BCUT2D eigenvalue weighted by Crippen LogP contribution is 2.01. The molecule has 128 valence electrons. The maximum absolute atomic E-state index is 12.2. The first-order chi connectivity index (χ1) is 11.0. The molecule has 1 aromatic heterocycles. The van der Waals surface area contributed by atoms with Crippen LogP contribution in [0, 0.1) is 6.92 Å². The first kappa shape index (κ1) is 18.9. The van der Waals surface area contributed by atoms with Gasteiger partial charge in [-0.3, -0.25) is 9.78 Å². The number of carbonyl (C=O) groups is 1. The minimum absolute atomic E-state index is 0.108. The number of rotatable bonds is 7. The normalized spacial score (nSPS) is 11.3. The molecule has 0 saturated heterocycles. The lowest BCUT2D eigenvalue weighted by Crippen LogP contribution is -2.45. The Morgan fingerprint density at radius 3 is 2.52 bits per heavy atom. The number of aryl methyl sites for hydroxylation is 1. The Bertz CT molecular complexity index is 525. The molecule has 0 unspecified atom stereocenters. The van der Waals surface area contributed by atoms with Gasteiger partial charge < -0.3 is 15.1 Å². The Morgan fingerprint density at radius 1 is 1.26 bits per heavy atom. The standard InChI is InChI=1S/C17H29N5O/c1-6-18-17(19-12-15-11-9-10-14(4)20-15)21(5)13-16(23)22(7-2)8-3/h9-11H,6-8,12-13H2,1-5H3,(H,18,19). The van der Waals surface area contributed by atoms with Crippen LogP contribution in [0.15, 0.2) is 23.2 Å². The number of hydrogen-bond donors (Lipinski definition) is 1. The SMILES string of the molecule is CCNC(=NCc1cccc(C)n1)N(C)CC(=O)N(CC)CC. The molecule has 0 radical (unpaired) electrons. The molecular weight excluding hydrogens is 290 g/mol. The summed E-state index contributed by atoms with van der Waals surface area (Å²) in [4.78, 5) is 25.0. The molecule has 6 nitrogen and oxygen atoms in total. The van der Waals surface area contributed by atoms with E-state index in [1.54, 1.807) is 0 Å². The zero-order valence-corrected chi connectivity index (χ0v) is 15.0. The second kappa shape index (κ2) is 9.82. The lowest BCUT2D eigenvalue weighted by molar-refractivity contribution is -0.131. The topological polar surface area (TPSA) is 60.8 Å². The van der Waals surface area contributed by atoms with E-state index in [9.17, 15) is 4.79 Å². The summed E-state index contributed by atoms with van der Waals surface area (Å²) >= 11 is 0. The monoisotopic (exact) mass is 319 g/mol. The molecule has 1 heterocycles. The molecule has 6 heteroatoms. The third kappa shape index (κ3) is 6.26. The number of aliphatic imine (C=N–C) groups is 1. The number of guanidine groups is 1. The van der Waals surface area contributed by atoms with Gasteiger partial charge in [0.2, 0.25) is 5.91 Å². The summed E-state index contributed by atoms with van der Waals surface area (Å²) in [6, 6.07) is 5.90. The molecule has 1 N–H and O–H groups in total. The summed E-state index contributed by atoms with van der Waals surface area (Å²) in [7, 11) is 1.88. The fourth-order valence-electron chi connectivity index (χ4n) is 2.27. The maximum Gasteiger partial charge on any atom is 0.242 e. The Kier molecular flexibility index (Phi) is 8.08. The number of aromatic nitrogens is 1. The molecular formula is C17H29N5O. The molecule has 0 aliphatic carbocycles. The minimum atomic E-state index is 0.108. The van der Waals surface area contributed by atoms with Crippen molar-refractivity contribution in [1.82, 2.24) is 20.1 Å². The maximum atomic E-state index is 12.2. The molecule has 0 fully saturated rings. The van der Waals surface area contributed by atoms with Gasteiger partial charge in [-0.05, 0) is 39.8 Å². The van der Waals surface area contributed by atoms with Gasteiger partial charge >= 0.3 is 0 Å². The highest BCUT2D eigenvalue weighted by atomic mass is 16.2. The van der Waals surface area contributed by atoms with Crippen LogP contribution in [0.5, 0.6) is 0 Å². The second-order valence-electron chi connectivity index (χ2n) is 5.36. The first-order valence-corrected chi connectivity index (χ1v) is 8.21. The van der Waals surface area contributed by atoms with Crippen molar-refractivity contribution >= 4 is 11.9 Å². The van der Waals surface area contributed by atoms with Gasteiger partial charge in [-0.25, -0.2) is 4.99 Å². The molecule has 1 amide bonds. The van der Waals surface area contributed by atoms with Crippen molar-refractivity contribution in [2.24, 2.45) is 4.99 Å². The summed E-state index contributed by atoms with van der Waals surface area (Å²) in [5.74, 6) is 0.827. The Hall–Kier alpha value is -2.11. The minimum Gasteiger partial charge on any atom is -0.357 e. The number of nitrogens with one attached hydrogen (secondary N) is 1. The number of nitrogens with zero attached hydrogens (tertiary/aromatic N) is 4. The Balaban J connectivity index is 2.75. The van der Waals surface area contributed by atoms with E-state index >= 15 is 0 Å². The van der Waals surface area contributed by atoms with E-state index in [4.69, 9.17) is 0 Å². The molecule has 0 spiro atoms. The van der Waals surface area contributed by atoms with Crippen molar-refractivity contribution in [1.29, 1.82) is 0 Å². The first-order valence-electron chi connectivity index (χ1n) is 8.21. The summed E-state index contributed by atoms with van der Waals surface area (Å²) in [6.45, 7) is 11.0. The zero-order chi connectivity index (χ0) is 17.2. The fraction of sp³-hybridized carbons (Fsp3) is 0.588. The number of hydrogen-bond acceptors (Lipinski definition) is 3. The van der Waals surface area contributed by atoms with Gasteiger partial charge in [0.1, 0.15) is 0 Å². The summed E-state index contributed by atoms with van der Waals surface area (Å²) < 4.78 is 0. The van der Waals surface area contributed by atoms with E-state index in [1.807, 2.05) is 62.7 Å². The van der Waals surface area contributed by atoms with E-state index in [-0.39, 0.29) is 5.91 Å². The van der Waals surface area contributed by atoms with E-state index in [1.165, 1.54) is 0 Å². The number of carbonyl (C=O) groups excluding carboxylic acids is 1. The summed E-state index contributed by atoms with van der Waals surface area (Å²) in [5.41, 5.74) is 1.90. The molecule has 0 aromatic carbocycles. The number of amides is 1. The lowest BCUT2D eigenvalue weighted by atomic mass is 10.3. The van der Waals surface area contributed by atoms with Crippen LogP contribution in [0.25, 0.3) is 0 Å². The van der Waals surface area contributed by atoms with Crippen LogP contribution < -0.4 is 5.32 Å². The highest BCUT2D eigenvalue weighted by molar-refractivity contribution is 5.86. The average molecular weight is 319 g/mol. The van der Waals surface area contributed by atoms with Crippen LogP contribution in [0.3, 0.4) is 0 Å². The van der Waals surface area contributed by atoms with Gasteiger partial charge in [0, 0.05) is 32.4 Å². The van der Waals surface area contributed by atoms with Crippen LogP contribution in [0.2, 0.25) is 0 Å². The largest absolute Gasteiger partial charge is 0.357 e. The van der Waals surface area contributed by atoms with Crippen LogP contribution in [-0.2, 0) is 11.3 Å². The van der Waals surface area contributed by atoms with Crippen molar-refractivity contribution in [3.05, 3.63) is 29.6 Å². The van der Waals surface area contributed by atoms with Crippen LogP contribution in [0.4, 0.5) is 0 Å². The third-order valence-electron chi connectivity index (χ3n) is 3.52. The third-order valence-corrected chi connectivity index (χ3v) is 3.52. The Labute approximate surface area is 139 Å². The van der Waals surface area contributed by atoms with Crippen molar-refractivity contribution < 1.29 is 4.79 Å². The predicted octanol–water partition coefficient (Wildman–Crippen LogP) is 1.66. The molecule has 1 rings (SSSR count). The van der Waals surface area contributed by atoms with Crippen molar-refractivity contribution in [3.8, 4) is 0 Å². The lowest BCUT2D eigenvalue weighted by Gasteiger charge is -2.25. The highest BCUT2D eigenvalue weighted by Gasteiger charge is 2.14. The number of likely N-dealkylation sites (N-methyl/N-ethyl adjacent to an activating group) is 2. The summed E-state index contributed by atoms with van der Waals surface area (Å²) in [5, 5.41) is 3.22. The van der Waals surface area contributed by atoms with Gasteiger partial charge in [-0.1, -0.05) is 6.07 Å². The molecule has 0 aliphatic heterocycles. The van der Waals surface area contributed by atoms with Crippen LogP contribution >= 0.6 is 0 Å². The number of pyridine rings is 1. The molecule has 0 bridgehead atoms. The van der Waals surface area contributed by atoms with Gasteiger partial charge in [0.15, 0.2) is 5.96 Å². The van der Waals surface area contributed by atoms with Crippen molar-refractivity contribution in [3.63, 3.8) is 0 Å². The molecule has 0 saturated carbocycles. The van der Waals surface area contributed by atoms with Gasteiger partial charge in [-0.2, -0.15) is 0 Å². The second-order valence-corrected chi connectivity index (χ2v) is 5.36. The smallest absolute Gasteiger partial charge is 0.242 e. The molecule has 0 aliphatic rings. The summed E-state index contributed by atoms with van der Waals surface area (Å²) in [6.07, 6.45) is 0. The molecule has 1 aromatic rings. The quantitative estimate of drug-likeness (QED) is 0.613. The van der Waals surface area contributed by atoms with Crippen molar-refractivity contribution in [2.75, 3.05) is 33.2 Å². The Morgan fingerprint density at radius 2 is 1.96 bits per heavy atom. The molecule has 0 atom stereocenters. The van der Waals surface area contributed by atoms with Gasteiger partial charge in [0.05, 0.1) is 18.8 Å². The van der Waals surface area contributed by atoms with E-state index in [2.05, 4.69) is 15.3 Å². The van der Waals surface area contributed by atoms with Crippen LogP contribution in [0.1, 0.15) is 32.2 Å². The average Bonchev–Trinajstić information content (AvgIpc) is 2.52. The van der Waals surface area contributed by atoms with E-state index in [0.717, 1.165) is 37.0 Å².